The number of halogens is 1. The summed E-state index contributed by atoms with van der Waals surface area (Å²) in [6.07, 6.45) is 4.83. The molecule has 0 saturated carbocycles. The van der Waals surface area contributed by atoms with E-state index in [0.29, 0.717) is 30.3 Å². The number of anilines is 1. The van der Waals surface area contributed by atoms with E-state index < -0.39 is 4.92 Å². The third-order valence-electron chi connectivity index (χ3n) is 6.63. The SMILES string of the molecule is O=C(NCC1(c2ccc(Cl)cc2)CCOCC1)c1cc([N+](=O)[O-])ccc1N1CCCCC1. The predicted octanol–water partition coefficient (Wildman–Crippen LogP) is 4.72. The van der Waals surface area contributed by atoms with Crippen LogP contribution in [-0.2, 0) is 10.2 Å². The van der Waals surface area contributed by atoms with E-state index >= 15 is 0 Å². The fourth-order valence-corrected chi connectivity index (χ4v) is 4.83. The number of nitrogens with zero attached hydrogens (tertiary/aromatic N) is 2. The first-order valence-corrected chi connectivity index (χ1v) is 11.5. The van der Waals surface area contributed by atoms with Gasteiger partial charge in [-0.25, -0.2) is 0 Å². The van der Waals surface area contributed by atoms with Crippen LogP contribution in [0, 0.1) is 10.1 Å². The molecule has 4 rings (SSSR count). The van der Waals surface area contributed by atoms with Crippen molar-refractivity contribution in [2.75, 3.05) is 37.7 Å². The Morgan fingerprint density at radius 2 is 1.78 bits per heavy atom. The number of benzene rings is 2. The number of carbonyl (C=O) groups is 1. The molecule has 7 nitrogen and oxygen atoms in total. The lowest BCUT2D eigenvalue weighted by molar-refractivity contribution is -0.384. The summed E-state index contributed by atoms with van der Waals surface area (Å²) in [6.45, 7) is 3.37. The first-order chi connectivity index (χ1) is 15.5. The largest absolute Gasteiger partial charge is 0.381 e. The molecule has 2 aromatic rings. The lowest BCUT2D eigenvalue weighted by Gasteiger charge is -2.38. The Morgan fingerprint density at radius 3 is 2.44 bits per heavy atom. The van der Waals surface area contributed by atoms with Gasteiger partial charge in [0.25, 0.3) is 11.6 Å². The first-order valence-electron chi connectivity index (χ1n) is 11.1. The molecule has 0 aromatic heterocycles. The van der Waals surface area contributed by atoms with E-state index in [1.54, 1.807) is 6.07 Å². The minimum atomic E-state index is -0.454. The minimum absolute atomic E-state index is 0.0746. The molecule has 2 aliphatic heterocycles. The van der Waals surface area contributed by atoms with Crippen molar-refractivity contribution >= 4 is 28.9 Å². The summed E-state index contributed by atoms with van der Waals surface area (Å²) >= 11 is 6.08. The van der Waals surface area contributed by atoms with Crippen molar-refractivity contribution in [3.8, 4) is 0 Å². The molecule has 1 amide bonds. The van der Waals surface area contributed by atoms with Crippen LogP contribution in [0.25, 0.3) is 0 Å². The normalized spacial score (nSPS) is 18.2. The van der Waals surface area contributed by atoms with E-state index in [0.717, 1.165) is 56.4 Å². The maximum atomic E-state index is 13.3. The van der Waals surface area contributed by atoms with Gasteiger partial charge in [0.1, 0.15) is 0 Å². The highest BCUT2D eigenvalue weighted by atomic mass is 35.5. The molecule has 2 fully saturated rings. The van der Waals surface area contributed by atoms with Crippen molar-refractivity contribution in [3.05, 3.63) is 68.7 Å². The molecule has 2 heterocycles. The van der Waals surface area contributed by atoms with Crippen LogP contribution in [0.1, 0.15) is 48.0 Å². The molecule has 0 atom stereocenters. The highest BCUT2D eigenvalue weighted by Gasteiger charge is 2.35. The Kier molecular flexibility index (Phi) is 6.96. The van der Waals surface area contributed by atoms with Crippen molar-refractivity contribution < 1.29 is 14.5 Å². The van der Waals surface area contributed by atoms with Crippen molar-refractivity contribution in [2.24, 2.45) is 0 Å². The van der Waals surface area contributed by atoms with E-state index in [2.05, 4.69) is 10.2 Å². The van der Waals surface area contributed by atoms with E-state index in [9.17, 15) is 14.9 Å². The molecular formula is C24H28ClN3O4. The summed E-state index contributed by atoms with van der Waals surface area (Å²) in [7, 11) is 0. The second-order valence-corrected chi connectivity index (χ2v) is 9.02. The Balaban J connectivity index is 1.59. The average Bonchev–Trinajstić information content (AvgIpc) is 2.83. The van der Waals surface area contributed by atoms with Gasteiger partial charge in [-0.1, -0.05) is 23.7 Å². The van der Waals surface area contributed by atoms with Gasteiger partial charge in [-0.05, 0) is 55.9 Å². The number of ether oxygens (including phenoxy) is 1. The number of rotatable bonds is 6. The summed E-state index contributed by atoms with van der Waals surface area (Å²) in [6, 6.07) is 12.3. The summed E-state index contributed by atoms with van der Waals surface area (Å²) in [5, 5.41) is 15.1. The maximum absolute atomic E-state index is 13.3. The molecule has 32 heavy (non-hydrogen) atoms. The Labute approximate surface area is 192 Å². The minimum Gasteiger partial charge on any atom is -0.381 e. The maximum Gasteiger partial charge on any atom is 0.270 e. The number of non-ortho nitro benzene ring substituents is 1. The van der Waals surface area contributed by atoms with Gasteiger partial charge in [0.15, 0.2) is 0 Å². The topological polar surface area (TPSA) is 84.7 Å². The van der Waals surface area contributed by atoms with Gasteiger partial charge < -0.3 is 15.0 Å². The number of nitrogens with one attached hydrogen (secondary N) is 1. The predicted molar refractivity (Wildman–Crippen MR) is 125 cm³/mol. The number of hydrogen-bond acceptors (Lipinski definition) is 5. The van der Waals surface area contributed by atoms with E-state index in [1.165, 1.54) is 12.1 Å². The summed E-state index contributed by atoms with van der Waals surface area (Å²) in [5.41, 5.74) is 1.90. The van der Waals surface area contributed by atoms with Gasteiger partial charge in [0, 0.05) is 55.4 Å². The zero-order valence-electron chi connectivity index (χ0n) is 18.0. The number of piperidine rings is 1. The zero-order valence-corrected chi connectivity index (χ0v) is 18.8. The fraction of sp³-hybridized carbons (Fsp3) is 0.458. The number of nitro benzene ring substituents is 1. The lowest BCUT2D eigenvalue weighted by atomic mass is 9.74. The van der Waals surface area contributed by atoms with Crippen LogP contribution in [0.5, 0.6) is 0 Å². The highest BCUT2D eigenvalue weighted by molar-refractivity contribution is 6.30. The Morgan fingerprint density at radius 1 is 1.09 bits per heavy atom. The molecule has 0 aliphatic carbocycles. The van der Waals surface area contributed by atoms with Gasteiger partial charge in [-0.3, -0.25) is 14.9 Å². The van der Waals surface area contributed by atoms with E-state index in [1.807, 2.05) is 24.3 Å². The van der Waals surface area contributed by atoms with Crippen LogP contribution in [0.15, 0.2) is 42.5 Å². The van der Waals surface area contributed by atoms with Gasteiger partial charge in [0.05, 0.1) is 16.2 Å². The van der Waals surface area contributed by atoms with Crippen molar-refractivity contribution in [3.63, 3.8) is 0 Å². The quantitative estimate of drug-likeness (QED) is 0.501. The molecule has 2 aromatic carbocycles. The van der Waals surface area contributed by atoms with Crippen LogP contribution >= 0.6 is 11.6 Å². The van der Waals surface area contributed by atoms with E-state index in [-0.39, 0.29) is 17.0 Å². The zero-order chi connectivity index (χ0) is 22.6. The third-order valence-corrected chi connectivity index (χ3v) is 6.88. The fourth-order valence-electron chi connectivity index (χ4n) is 4.71. The lowest BCUT2D eigenvalue weighted by Crippen LogP contribution is -2.45. The highest BCUT2D eigenvalue weighted by Crippen LogP contribution is 2.35. The number of hydrogen-bond donors (Lipinski definition) is 1. The summed E-state index contributed by atoms with van der Waals surface area (Å²) in [5.74, 6) is -0.283. The van der Waals surface area contributed by atoms with Crippen LogP contribution < -0.4 is 10.2 Å². The third kappa shape index (κ3) is 4.89. The van der Waals surface area contributed by atoms with Gasteiger partial charge in [-0.15, -0.1) is 0 Å². The van der Waals surface area contributed by atoms with Crippen molar-refractivity contribution in [1.29, 1.82) is 0 Å². The van der Waals surface area contributed by atoms with Gasteiger partial charge in [0.2, 0.25) is 0 Å². The first kappa shape index (κ1) is 22.6. The molecule has 2 aliphatic rings. The van der Waals surface area contributed by atoms with Crippen LogP contribution in [0.3, 0.4) is 0 Å². The molecule has 8 heteroatoms. The molecule has 0 bridgehead atoms. The molecule has 1 N–H and O–H groups in total. The molecule has 0 unspecified atom stereocenters. The number of nitro groups is 1. The standard InChI is InChI=1S/C24H28ClN3O4/c25-19-6-4-18(5-7-19)24(10-14-32-15-11-24)17-26-23(29)21-16-20(28(30)31)8-9-22(21)27-12-2-1-3-13-27/h4-9,16H,1-3,10-15,17H2,(H,26,29). The molecule has 0 radical (unpaired) electrons. The molecule has 0 spiro atoms. The Bertz CT molecular complexity index is 968. The Hall–Kier alpha value is -2.64. The van der Waals surface area contributed by atoms with Gasteiger partial charge in [-0.2, -0.15) is 0 Å². The van der Waals surface area contributed by atoms with Crippen LogP contribution in [-0.4, -0.2) is 43.7 Å². The summed E-state index contributed by atoms with van der Waals surface area (Å²) in [4.78, 5) is 26.4. The smallest absolute Gasteiger partial charge is 0.270 e. The van der Waals surface area contributed by atoms with E-state index in [4.69, 9.17) is 16.3 Å². The second-order valence-electron chi connectivity index (χ2n) is 8.59. The summed E-state index contributed by atoms with van der Waals surface area (Å²) < 4.78 is 5.58. The molecule has 170 valence electrons. The van der Waals surface area contributed by atoms with Crippen molar-refractivity contribution in [2.45, 2.75) is 37.5 Å². The second kappa shape index (κ2) is 9.88. The molecule has 2 saturated heterocycles. The molecular weight excluding hydrogens is 430 g/mol. The van der Waals surface area contributed by atoms with Crippen LogP contribution in [0.4, 0.5) is 11.4 Å². The number of amides is 1. The monoisotopic (exact) mass is 457 g/mol. The van der Waals surface area contributed by atoms with Gasteiger partial charge >= 0.3 is 0 Å². The average molecular weight is 458 g/mol. The van der Waals surface area contributed by atoms with Crippen molar-refractivity contribution in [1.82, 2.24) is 5.32 Å². The number of carbonyl (C=O) groups excluding carboxylic acids is 1. The van der Waals surface area contributed by atoms with Crippen LogP contribution in [0.2, 0.25) is 5.02 Å².